The molecule has 0 bridgehead atoms. The molecular weight excluding hydrogens is 372 g/mol. The normalized spacial score (nSPS) is 14.2. The average molecular weight is 393 g/mol. The summed E-state index contributed by atoms with van der Waals surface area (Å²) >= 11 is 6.05. The van der Waals surface area contributed by atoms with Crippen molar-refractivity contribution in [1.82, 2.24) is 4.72 Å². The number of halogens is 1. The van der Waals surface area contributed by atoms with Crippen LogP contribution in [0.5, 0.6) is 0 Å². The molecule has 0 atom stereocenters. The van der Waals surface area contributed by atoms with E-state index in [-0.39, 0.29) is 27.4 Å². The molecular formula is C19H21ClN2O3S. The molecule has 1 saturated carbocycles. The van der Waals surface area contributed by atoms with Gasteiger partial charge in [0.15, 0.2) is 0 Å². The van der Waals surface area contributed by atoms with Crippen molar-refractivity contribution in [2.45, 2.75) is 43.5 Å². The van der Waals surface area contributed by atoms with Crippen LogP contribution in [0.15, 0.2) is 47.4 Å². The lowest BCUT2D eigenvalue weighted by atomic mass is 10.1. The second kappa shape index (κ2) is 7.78. The first-order valence-corrected chi connectivity index (χ1v) is 10.5. The molecule has 1 amide bonds. The van der Waals surface area contributed by atoms with Crippen LogP contribution in [-0.4, -0.2) is 20.4 Å². The highest BCUT2D eigenvalue weighted by molar-refractivity contribution is 7.89. The number of hydrogen-bond donors (Lipinski definition) is 2. The lowest BCUT2D eigenvalue weighted by molar-refractivity contribution is 0.102. The summed E-state index contributed by atoms with van der Waals surface area (Å²) in [6.45, 7) is 2.11. The highest BCUT2D eigenvalue weighted by atomic mass is 35.5. The first-order chi connectivity index (χ1) is 12.4. The number of hydrogen-bond acceptors (Lipinski definition) is 3. The monoisotopic (exact) mass is 392 g/mol. The number of carbonyl (C=O) groups excluding carboxylic acids is 1. The number of rotatable bonds is 7. The predicted molar refractivity (Wildman–Crippen MR) is 103 cm³/mol. The molecule has 0 radical (unpaired) electrons. The molecule has 1 aliphatic carbocycles. The molecule has 138 valence electrons. The van der Waals surface area contributed by atoms with Crippen molar-refractivity contribution in [3.8, 4) is 0 Å². The maximum atomic E-state index is 12.5. The maximum absolute atomic E-state index is 12.5. The minimum Gasteiger partial charge on any atom is -0.322 e. The number of nitrogens with one attached hydrogen (secondary N) is 2. The standard InChI is InChI=1S/C19H21ClN2O3S/c1-2-3-13-4-7-15(8-5-13)21-19(23)14-6-11-17(20)18(12-14)26(24,25)22-16-9-10-16/h4-8,11-12,16,22H,2-3,9-10H2,1H3,(H,21,23). The number of amides is 1. The van der Waals surface area contributed by atoms with E-state index in [0.717, 1.165) is 25.7 Å². The molecule has 5 nitrogen and oxygen atoms in total. The molecule has 7 heteroatoms. The zero-order valence-corrected chi connectivity index (χ0v) is 16.0. The fourth-order valence-electron chi connectivity index (χ4n) is 2.58. The Morgan fingerprint density at radius 2 is 1.85 bits per heavy atom. The third-order valence-corrected chi connectivity index (χ3v) is 6.13. The van der Waals surface area contributed by atoms with Crippen LogP contribution in [0.3, 0.4) is 0 Å². The Hall–Kier alpha value is -1.89. The summed E-state index contributed by atoms with van der Waals surface area (Å²) in [4.78, 5) is 12.4. The Labute approximate surface area is 158 Å². The van der Waals surface area contributed by atoms with E-state index >= 15 is 0 Å². The summed E-state index contributed by atoms with van der Waals surface area (Å²) in [6, 6.07) is 11.8. The van der Waals surface area contributed by atoms with Gasteiger partial charge in [0.05, 0.1) is 5.02 Å². The molecule has 0 unspecified atom stereocenters. The van der Waals surface area contributed by atoms with Crippen LogP contribution in [-0.2, 0) is 16.4 Å². The van der Waals surface area contributed by atoms with Gasteiger partial charge in [0.2, 0.25) is 10.0 Å². The largest absolute Gasteiger partial charge is 0.322 e. The van der Waals surface area contributed by atoms with Crippen molar-refractivity contribution >= 4 is 33.2 Å². The minimum atomic E-state index is -3.73. The van der Waals surface area contributed by atoms with Gasteiger partial charge in [-0.3, -0.25) is 4.79 Å². The van der Waals surface area contributed by atoms with Gasteiger partial charge in [0, 0.05) is 17.3 Å². The molecule has 2 aromatic rings. The SMILES string of the molecule is CCCc1ccc(NC(=O)c2ccc(Cl)c(S(=O)(=O)NC3CC3)c2)cc1. The highest BCUT2D eigenvalue weighted by Crippen LogP contribution is 2.27. The first kappa shape index (κ1) is 18.9. The second-order valence-corrected chi connectivity index (χ2v) is 8.53. The van der Waals surface area contributed by atoms with Crippen LogP contribution in [0.1, 0.15) is 42.1 Å². The molecule has 26 heavy (non-hydrogen) atoms. The average Bonchev–Trinajstić information content (AvgIpc) is 3.40. The van der Waals surface area contributed by atoms with Crippen LogP contribution >= 0.6 is 11.6 Å². The minimum absolute atomic E-state index is 0.0322. The van der Waals surface area contributed by atoms with Gasteiger partial charge in [-0.05, 0) is 55.2 Å². The zero-order valence-electron chi connectivity index (χ0n) is 14.5. The molecule has 2 N–H and O–H groups in total. The van der Waals surface area contributed by atoms with E-state index in [9.17, 15) is 13.2 Å². The van der Waals surface area contributed by atoms with E-state index in [2.05, 4.69) is 17.0 Å². The van der Waals surface area contributed by atoms with E-state index in [4.69, 9.17) is 11.6 Å². The van der Waals surface area contributed by atoms with Gasteiger partial charge < -0.3 is 5.32 Å². The topological polar surface area (TPSA) is 75.3 Å². The Kier molecular flexibility index (Phi) is 5.65. The summed E-state index contributed by atoms with van der Waals surface area (Å²) in [7, 11) is -3.73. The third kappa shape index (κ3) is 4.63. The first-order valence-electron chi connectivity index (χ1n) is 8.61. The van der Waals surface area contributed by atoms with Crippen molar-refractivity contribution in [1.29, 1.82) is 0 Å². The number of carbonyl (C=O) groups is 1. The van der Waals surface area contributed by atoms with Gasteiger partial charge in [-0.15, -0.1) is 0 Å². The fourth-order valence-corrected chi connectivity index (χ4v) is 4.41. The highest BCUT2D eigenvalue weighted by Gasteiger charge is 2.29. The molecule has 3 rings (SSSR count). The molecule has 1 aliphatic rings. The van der Waals surface area contributed by atoms with Gasteiger partial charge in [-0.25, -0.2) is 13.1 Å². The van der Waals surface area contributed by atoms with E-state index in [0.29, 0.717) is 5.69 Å². The van der Waals surface area contributed by atoms with E-state index in [1.165, 1.54) is 23.8 Å². The molecule has 1 fully saturated rings. The molecule has 0 spiro atoms. The van der Waals surface area contributed by atoms with Gasteiger partial charge in [0.25, 0.3) is 5.91 Å². The number of aryl methyl sites for hydroxylation is 1. The lowest BCUT2D eigenvalue weighted by Crippen LogP contribution is -2.26. The van der Waals surface area contributed by atoms with E-state index < -0.39 is 10.0 Å². The summed E-state index contributed by atoms with van der Waals surface area (Å²) in [6.07, 6.45) is 3.69. The van der Waals surface area contributed by atoms with Crippen molar-refractivity contribution in [3.05, 3.63) is 58.6 Å². The van der Waals surface area contributed by atoms with Crippen molar-refractivity contribution < 1.29 is 13.2 Å². The van der Waals surface area contributed by atoms with Crippen molar-refractivity contribution in [2.75, 3.05) is 5.32 Å². The van der Waals surface area contributed by atoms with Gasteiger partial charge in [-0.1, -0.05) is 37.1 Å². The van der Waals surface area contributed by atoms with Crippen LogP contribution in [0, 0.1) is 0 Å². The number of anilines is 1. The smallest absolute Gasteiger partial charge is 0.255 e. The van der Waals surface area contributed by atoms with Gasteiger partial charge in [-0.2, -0.15) is 0 Å². The molecule has 0 heterocycles. The fraction of sp³-hybridized carbons (Fsp3) is 0.316. The molecule has 0 aliphatic heterocycles. The summed E-state index contributed by atoms with van der Waals surface area (Å²) in [5.41, 5.74) is 2.10. The molecule has 2 aromatic carbocycles. The van der Waals surface area contributed by atoms with Gasteiger partial charge in [0.1, 0.15) is 4.90 Å². The third-order valence-electron chi connectivity index (χ3n) is 4.13. The predicted octanol–water partition coefficient (Wildman–Crippen LogP) is 3.99. The Morgan fingerprint density at radius 3 is 2.46 bits per heavy atom. The molecule has 0 aromatic heterocycles. The Balaban J connectivity index is 1.78. The summed E-state index contributed by atoms with van der Waals surface area (Å²) in [5.74, 6) is -0.382. The van der Waals surface area contributed by atoms with Crippen LogP contribution in [0.2, 0.25) is 5.02 Å². The maximum Gasteiger partial charge on any atom is 0.255 e. The van der Waals surface area contributed by atoms with Gasteiger partial charge >= 0.3 is 0 Å². The van der Waals surface area contributed by atoms with Crippen LogP contribution in [0.25, 0.3) is 0 Å². The van der Waals surface area contributed by atoms with Crippen molar-refractivity contribution in [3.63, 3.8) is 0 Å². The van der Waals surface area contributed by atoms with Crippen LogP contribution < -0.4 is 10.0 Å². The second-order valence-electron chi connectivity index (χ2n) is 6.44. The number of sulfonamides is 1. The zero-order chi connectivity index (χ0) is 18.7. The quantitative estimate of drug-likeness (QED) is 0.748. The number of benzene rings is 2. The summed E-state index contributed by atoms with van der Waals surface area (Å²) < 4.78 is 27.4. The van der Waals surface area contributed by atoms with E-state index in [1.807, 2.05) is 24.3 Å². The summed E-state index contributed by atoms with van der Waals surface area (Å²) in [5, 5.41) is 2.88. The van der Waals surface area contributed by atoms with E-state index in [1.54, 1.807) is 0 Å². The van der Waals surface area contributed by atoms with Crippen LogP contribution in [0.4, 0.5) is 5.69 Å². The lowest BCUT2D eigenvalue weighted by Gasteiger charge is -2.10. The Morgan fingerprint density at radius 1 is 1.15 bits per heavy atom. The Bertz CT molecular complexity index is 907. The van der Waals surface area contributed by atoms with Crippen molar-refractivity contribution in [2.24, 2.45) is 0 Å². The molecule has 0 saturated heterocycles.